The van der Waals surface area contributed by atoms with E-state index in [9.17, 15) is 9.90 Å². The van der Waals surface area contributed by atoms with Gasteiger partial charge in [-0.2, -0.15) is 0 Å². The Bertz CT molecular complexity index is 511. The van der Waals surface area contributed by atoms with Crippen LogP contribution in [0.1, 0.15) is 88.2 Å². The van der Waals surface area contributed by atoms with E-state index < -0.39 is 11.5 Å². The van der Waals surface area contributed by atoms with Gasteiger partial charge in [0.1, 0.15) is 5.54 Å². The number of carboxylic acid groups (broad SMARTS) is 1. The van der Waals surface area contributed by atoms with Crippen LogP contribution in [0.2, 0.25) is 0 Å². The van der Waals surface area contributed by atoms with Crippen molar-refractivity contribution in [3.63, 3.8) is 0 Å². The molecule has 0 radical (unpaired) electrons. The molecule has 23 heavy (non-hydrogen) atoms. The van der Waals surface area contributed by atoms with E-state index in [0.717, 1.165) is 6.42 Å². The quantitative estimate of drug-likeness (QED) is 0.676. The van der Waals surface area contributed by atoms with Gasteiger partial charge in [0, 0.05) is 0 Å². The molecule has 3 N–H and O–H groups in total. The van der Waals surface area contributed by atoms with Crippen LogP contribution in [0.15, 0.2) is 24.3 Å². The summed E-state index contributed by atoms with van der Waals surface area (Å²) in [4.78, 5) is 11.3. The van der Waals surface area contributed by atoms with Gasteiger partial charge in [-0.15, -0.1) is 0 Å². The first-order valence-electron chi connectivity index (χ1n) is 9.08. The zero-order chi connectivity index (χ0) is 16.9. The van der Waals surface area contributed by atoms with E-state index >= 15 is 0 Å². The Kier molecular flexibility index (Phi) is 6.23. The molecule has 0 heterocycles. The molecule has 1 aliphatic carbocycles. The molecular formula is C20H31NO2. The Hall–Kier alpha value is -1.35. The highest BCUT2D eigenvalue weighted by molar-refractivity contribution is 5.79. The van der Waals surface area contributed by atoms with Crippen molar-refractivity contribution >= 4 is 5.97 Å². The van der Waals surface area contributed by atoms with Gasteiger partial charge >= 0.3 is 5.97 Å². The fourth-order valence-electron chi connectivity index (χ4n) is 3.70. The number of nitrogens with two attached hydrogens (primary N) is 1. The van der Waals surface area contributed by atoms with E-state index in [0.29, 0.717) is 18.8 Å². The zero-order valence-electron chi connectivity index (χ0n) is 14.6. The summed E-state index contributed by atoms with van der Waals surface area (Å²) in [6, 6.07) is 8.79. The minimum absolute atomic E-state index is 0.282. The van der Waals surface area contributed by atoms with E-state index in [1.165, 1.54) is 43.2 Å². The molecule has 0 aliphatic heterocycles. The molecule has 1 saturated carbocycles. The van der Waals surface area contributed by atoms with Gasteiger partial charge in [-0.1, -0.05) is 63.8 Å². The SMILES string of the molecule is CCCCCCC(C)c1ccc(C2CCC(N)(C(=O)O)C2)cc1. The maximum absolute atomic E-state index is 11.3. The Balaban J connectivity index is 1.91. The molecule has 2 rings (SSSR count). The van der Waals surface area contributed by atoms with Crippen LogP contribution in [-0.4, -0.2) is 16.6 Å². The number of carbonyl (C=O) groups is 1. The monoisotopic (exact) mass is 317 g/mol. The van der Waals surface area contributed by atoms with Crippen LogP contribution in [0.25, 0.3) is 0 Å². The first-order chi connectivity index (χ1) is 11.0. The average Bonchev–Trinajstić information content (AvgIpc) is 2.95. The van der Waals surface area contributed by atoms with Crippen molar-refractivity contribution in [2.75, 3.05) is 0 Å². The summed E-state index contributed by atoms with van der Waals surface area (Å²) in [5.41, 5.74) is 7.58. The topological polar surface area (TPSA) is 63.3 Å². The summed E-state index contributed by atoms with van der Waals surface area (Å²) in [7, 11) is 0. The third kappa shape index (κ3) is 4.57. The zero-order valence-corrected chi connectivity index (χ0v) is 14.6. The lowest BCUT2D eigenvalue weighted by Crippen LogP contribution is -2.45. The highest BCUT2D eigenvalue weighted by atomic mass is 16.4. The second-order valence-electron chi connectivity index (χ2n) is 7.32. The Morgan fingerprint density at radius 3 is 2.57 bits per heavy atom. The van der Waals surface area contributed by atoms with Crippen molar-refractivity contribution in [3.05, 3.63) is 35.4 Å². The van der Waals surface area contributed by atoms with Crippen LogP contribution in [0.3, 0.4) is 0 Å². The van der Waals surface area contributed by atoms with E-state index in [4.69, 9.17) is 5.73 Å². The third-order valence-electron chi connectivity index (χ3n) is 5.44. The van der Waals surface area contributed by atoms with Gasteiger partial charge in [0.25, 0.3) is 0 Å². The predicted molar refractivity (Wildman–Crippen MR) is 94.8 cm³/mol. The summed E-state index contributed by atoms with van der Waals surface area (Å²) in [6.45, 7) is 4.54. The molecule has 3 nitrogen and oxygen atoms in total. The lowest BCUT2D eigenvalue weighted by Gasteiger charge is -2.19. The first-order valence-corrected chi connectivity index (χ1v) is 9.08. The molecule has 1 aliphatic rings. The lowest BCUT2D eigenvalue weighted by atomic mass is 9.90. The molecule has 0 bridgehead atoms. The van der Waals surface area contributed by atoms with Crippen LogP contribution in [0, 0.1) is 0 Å². The van der Waals surface area contributed by atoms with Crippen molar-refractivity contribution in [2.24, 2.45) is 5.73 Å². The lowest BCUT2D eigenvalue weighted by molar-refractivity contribution is -0.143. The van der Waals surface area contributed by atoms with Crippen LogP contribution < -0.4 is 5.73 Å². The number of unbranched alkanes of at least 4 members (excludes halogenated alkanes) is 3. The summed E-state index contributed by atoms with van der Waals surface area (Å²) < 4.78 is 0. The highest BCUT2D eigenvalue weighted by Gasteiger charge is 2.42. The Morgan fingerprint density at radius 1 is 1.30 bits per heavy atom. The molecular weight excluding hydrogens is 286 g/mol. The molecule has 0 saturated heterocycles. The molecule has 0 aromatic heterocycles. The molecule has 0 amide bonds. The van der Waals surface area contributed by atoms with E-state index in [-0.39, 0.29) is 5.92 Å². The molecule has 3 unspecified atom stereocenters. The summed E-state index contributed by atoms with van der Waals surface area (Å²) in [5, 5.41) is 9.25. The maximum atomic E-state index is 11.3. The number of hydrogen-bond acceptors (Lipinski definition) is 2. The van der Waals surface area contributed by atoms with Crippen LogP contribution >= 0.6 is 0 Å². The fraction of sp³-hybridized carbons (Fsp3) is 0.650. The predicted octanol–water partition coefficient (Wildman–Crippen LogP) is 4.81. The normalized spacial score (nSPS) is 25.4. The second kappa shape index (κ2) is 7.96. The van der Waals surface area contributed by atoms with E-state index in [1.807, 2.05) is 0 Å². The van der Waals surface area contributed by atoms with Crippen molar-refractivity contribution < 1.29 is 9.90 Å². The van der Waals surface area contributed by atoms with Gasteiger partial charge in [0.15, 0.2) is 0 Å². The molecule has 0 spiro atoms. The molecule has 128 valence electrons. The third-order valence-corrected chi connectivity index (χ3v) is 5.44. The van der Waals surface area contributed by atoms with Crippen molar-refractivity contribution in [2.45, 2.75) is 82.6 Å². The van der Waals surface area contributed by atoms with Crippen molar-refractivity contribution in [1.29, 1.82) is 0 Å². The number of rotatable bonds is 8. The van der Waals surface area contributed by atoms with Crippen LogP contribution in [0.4, 0.5) is 0 Å². The number of carboxylic acids is 1. The smallest absolute Gasteiger partial charge is 0.323 e. The summed E-state index contributed by atoms with van der Waals surface area (Å²) in [5.74, 6) is 0.0134. The van der Waals surface area contributed by atoms with Gasteiger partial charge in [0.2, 0.25) is 0 Å². The number of benzene rings is 1. The van der Waals surface area contributed by atoms with Gasteiger partial charge in [-0.25, -0.2) is 0 Å². The summed E-state index contributed by atoms with van der Waals surface area (Å²) >= 11 is 0. The van der Waals surface area contributed by atoms with Gasteiger partial charge in [-0.05, 0) is 48.6 Å². The average molecular weight is 317 g/mol. The second-order valence-corrected chi connectivity index (χ2v) is 7.32. The summed E-state index contributed by atoms with van der Waals surface area (Å²) in [6.07, 6.45) is 8.48. The maximum Gasteiger partial charge on any atom is 0.323 e. The fourth-order valence-corrected chi connectivity index (χ4v) is 3.70. The number of aliphatic carboxylic acids is 1. The van der Waals surface area contributed by atoms with Gasteiger partial charge < -0.3 is 10.8 Å². The van der Waals surface area contributed by atoms with Crippen LogP contribution in [0.5, 0.6) is 0 Å². The van der Waals surface area contributed by atoms with Gasteiger partial charge in [-0.3, -0.25) is 4.79 Å². The largest absolute Gasteiger partial charge is 0.480 e. The molecule has 3 atom stereocenters. The Labute approximate surface area is 140 Å². The molecule has 1 aromatic rings. The molecule has 1 aromatic carbocycles. The minimum atomic E-state index is -1.03. The standard InChI is InChI=1S/C20H31NO2/c1-3-4-5-6-7-15(2)16-8-10-17(11-9-16)18-12-13-20(21,14-18)19(22)23/h8-11,15,18H,3-7,12-14,21H2,1-2H3,(H,22,23). The molecule has 3 heteroatoms. The Morgan fingerprint density at radius 2 is 2.00 bits per heavy atom. The van der Waals surface area contributed by atoms with E-state index in [1.54, 1.807) is 0 Å². The van der Waals surface area contributed by atoms with E-state index in [2.05, 4.69) is 38.1 Å². The van der Waals surface area contributed by atoms with Crippen LogP contribution in [-0.2, 0) is 4.79 Å². The van der Waals surface area contributed by atoms with Crippen molar-refractivity contribution in [1.82, 2.24) is 0 Å². The number of hydrogen-bond donors (Lipinski definition) is 2. The minimum Gasteiger partial charge on any atom is -0.480 e. The highest BCUT2D eigenvalue weighted by Crippen LogP contribution is 2.40. The first kappa shape index (κ1) is 18.0. The molecule has 1 fully saturated rings. The van der Waals surface area contributed by atoms with Crippen molar-refractivity contribution in [3.8, 4) is 0 Å². The van der Waals surface area contributed by atoms with Gasteiger partial charge in [0.05, 0.1) is 0 Å².